The highest BCUT2D eigenvalue weighted by Crippen LogP contribution is 2.50. The Morgan fingerprint density at radius 2 is 1.80 bits per heavy atom. The van der Waals surface area contributed by atoms with E-state index in [9.17, 15) is 0 Å². The summed E-state index contributed by atoms with van der Waals surface area (Å²) in [5, 5.41) is 8.06. The van der Waals surface area contributed by atoms with E-state index in [2.05, 4.69) is 28.1 Å². The third-order valence-corrected chi connectivity index (χ3v) is 6.41. The molecular weight excluding hydrogens is 487 g/mol. The van der Waals surface area contributed by atoms with Crippen LogP contribution in [0.15, 0.2) is 70.2 Å². The third-order valence-electron chi connectivity index (χ3n) is 5.39. The molecule has 0 amide bonds. The number of halogens is 3. The van der Waals surface area contributed by atoms with Gasteiger partial charge in [0.15, 0.2) is 0 Å². The normalized spacial score (nSPS) is 19.6. The second kappa shape index (κ2) is 7.80. The summed E-state index contributed by atoms with van der Waals surface area (Å²) in [6.07, 6.45) is 0.335. The summed E-state index contributed by atoms with van der Waals surface area (Å²) >= 11 is 16.3. The van der Waals surface area contributed by atoms with Crippen LogP contribution in [0.25, 0.3) is 0 Å². The first kappa shape index (κ1) is 19.7. The van der Waals surface area contributed by atoms with Crippen LogP contribution in [-0.2, 0) is 0 Å². The van der Waals surface area contributed by atoms with Gasteiger partial charge in [-0.25, -0.2) is 5.01 Å². The molecule has 0 aromatic heterocycles. The zero-order chi connectivity index (χ0) is 20.8. The topological polar surface area (TPSA) is 34.1 Å². The molecule has 2 aliphatic rings. The molecule has 0 spiro atoms. The van der Waals surface area contributed by atoms with Gasteiger partial charge in [0.25, 0.3) is 0 Å². The van der Waals surface area contributed by atoms with Crippen LogP contribution in [0.5, 0.6) is 11.5 Å². The minimum Gasteiger partial charge on any atom is -0.497 e. The van der Waals surface area contributed by atoms with Crippen LogP contribution in [-0.4, -0.2) is 17.8 Å². The number of benzene rings is 3. The second-order valence-corrected chi connectivity index (χ2v) is 8.96. The smallest absolute Gasteiger partial charge is 0.213 e. The van der Waals surface area contributed by atoms with Crippen LogP contribution >= 0.6 is 39.1 Å². The Hall–Kier alpha value is -2.21. The number of hydrogen-bond acceptors (Lipinski definition) is 4. The highest BCUT2D eigenvalue weighted by Gasteiger charge is 2.42. The Kier molecular flexibility index (Phi) is 5.13. The van der Waals surface area contributed by atoms with E-state index in [4.69, 9.17) is 37.8 Å². The van der Waals surface area contributed by atoms with E-state index in [1.54, 1.807) is 13.2 Å². The Morgan fingerprint density at radius 1 is 1.07 bits per heavy atom. The molecule has 0 bridgehead atoms. The van der Waals surface area contributed by atoms with Gasteiger partial charge in [-0.2, -0.15) is 5.10 Å². The quantitative estimate of drug-likeness (QED) is 0.385. The molecule has 5 rings (SSSR count). The third kappa shape index (κ3) is 3.45. The Bertz CT molecular complexity index is 1130. The van der Waals surface area contributed by atoms with Gasteiger partial charge >= 0.3 is 0 Å². The van der Waals surface area contributed by atoms with E-state index >= 15 is 0 Å². The van der Waals surface area contributed by atoms with Crippen LogP contribution in [0.1, 0.15) is 35.4 Å². The number of nitrogens with zero attached hydrogens (tertiary/aromatic N) is 2. The number of ether oxygens (including phenoxy) is 2. The summed E-state index contributed by atoms with van der Waals surface area (Å²) in [7, 11) is 1.65. The number of rotatable bonds is 3. The fourth-order valence-electron chi connectivity index (χ4n) is 3.92. The molecular formula is C23H17BrCl2N2O2. The summed E-state index contributed by atoms with van der Waals surface area (Å²) in [5.41, 5.74) is 4.00. The Labute approximate surface area is 193 Å². The summed E-state index contributed by atoms with van der Waals surface area (Å²) < 4.78 is 12.7. The lowest BCUT2D eigenvalue weighted by Gasteiger charge is -2.38. The lowest BCUT2D eigenvalue weighted by Crippen LogP contribution is -2.33. The van der Waals surface area contributed by atoms with Crippen molar-refractivity contribution < 1.29 is 9.47 Å². The van der Waals surface area contributed by atoms with E-state index in [1.165, 1.54) is 0 Å². The van der Waals surface area contributed by atoms with Crippen molar-refractivity contribution >= 4 is 44.8 Å². The fourth-order valence-corrected chi connectivity index (χ4v) is 4.74. The van der Waals surface area contributed by atoms with Gasteiger partial charge in [0, 0.05) is 27.0 Å². The molecule has 0 unspecified atom stereocenters. The van der Waals surface area contributed by atoms with E-state index in [1.807, 2.05) is 47.5 Å². The minimum absolute atomic E-state index is 0.0179. The summed E-state index contributed by atoms with van der Waals surface area (Å²) in [5.74, 6) is 1.45. The van der Waals surface area contributed by atoms with Gasteiger partial charge in [-0.1, -0.05) is 51.3 Å². The van der Waals surface area contributed by atoms with Crippen LogP contribution in [0.3, 0.4) is 0 Å². The van der Waals surface area contributed by atoms with Gasteiger partial charge in [0.2, 0.25) is 6.23 Å². The molecule has 2 aliphatic heterocycles. The van der Waals surface area contributed by atoms with Crippen molar-refractivity contribution in [3.05, 3.63) is 91.9 Å². The highest BCUT2D eigenvalue weighted by molar-refractivity contribution is 9.10. The van der Waals surface area contributed by atoms with Crippen molar-refractivity contribution in [1.29, 1.82) is 0 Å². The maximum atomic E-state index is 6.52. The maximum absolute atomic E-state index is 6.52. The summed E-state index contributed by atoms with van der Waals surface area (Å²) in [4.78, 5) is 0. The largest absolute Gasteiger partial charge is 0.497 e. The molecule has 7 heteroatoms. The van der Waals surface area contributed by atoms with Crippen LogP contribution in [0, 0.1) is 0 Å². The van der Waals surface area contributed by atoms with Crippen LogP contribution in [0.4, 0.5) is 0 Å². The monoisotopic (exact) mass is 502 g/mol. The predicted molar refractivity (Wildman–Crippen MR) is 123 cm³/mol. The van der Waals surface area contributed by atoms with E-state index < -0.39 is 6.23 Å². The van der Waals surface area contributed by atoms with Crippen molar-refractivity contribution in [1.82, 2.24) is 5.01 Å². The summed E-state index contributed by atoms with van der Waals surface area (Å²) in [6.45, 7) is 0. The molecule has 30 heavy (non-hydrogen) atoms. The molecule has 0 saturated carbocycles. The first-order valence-electron chi connectivity index (χ1n) is 9.45. The molecule has 0 N–H and O–H groups in total. The molecule has 0 fully saturated rings. The van der Waals surface area contributed by atoms with Gasteiger partial charge in [-0.15, -0.1) is 0 Å². The highest BCUT2D eigenvalue weighted by atomic mass is 79.9. The average molecular weight is 504 g/mol. The first-order chi connectivity index (χ1) is 14.5. The van der Waals surface area contributed by atoms with Gasteiger partial charge in [0.05, 0.1) is 23.9 Å². The van der Waals surface area contributed by atoms with Gasteiger partial charge in [-0.3, -0.25) is 0 Å². The lowest BCUT2D eigenvalue weighted by molar-refractivity contribution is -0.0189. The number of methoxy groups -OCH3 is 1. The van der Waals surface area contributed by atoms with Crippen LogP contribution in [0.2, 0.25) is 10.0 Å². The molecule has 3 aromatic rings. The number of hydrazone groups is 1. The van der Waals surface area contributed by atoms with Crippen molar-refractivity contribution in [2.75, 3.05) is 7.11 Å². The second-order valence-electron chi connectivity index (χ2n) is 7.20. The first-order valence-corrected chi connectivity index (χ1v) is 11.0. The van der Waals surface area contributed by atoms with Crippen molar-refractivity contribution in [3.8, 4) is 11.5 Å². The van der Waals surface area contributed by atoms with Crippen molar-refractivity contribution in [3.63, 3.8) is 0 Å². The van der Waals surface area contributed by atoms with E-state index in [0.29, 0.717) is 15.8 Å². The molecule has 4 nitrogen and oxygen atoms in total. The Balaban J connectivity index is 1.60. The standard InChI is InChI=1S/C23H17BrCl2N2O2/c1-29-17-8-4-14(5-9-17)23-28-21(18-10-16(25)11-19(26)22(18)30-23)12-20(27-28)13-2-6-15(24)7-3-13/h2-11,21,23H,12H2,1H3/t21-,23+/m1/s1. The molecule has 152 valence electrons. The molecule has 2 heterocycles. The molecule has 3 aromatic carbocycles. The van der Waals surface area contributed by atoms with Gasteiger partial charge in [-0.05, 0) is 54.1 Å². The average Bonchev–Trinajstić information content (AvgIpc) is 3.20. The van der Waals surface area contributed by atoms with Crippen molar-refractivity contribution in [2.24, 2.45) is 5.10 Å². The molecule has 0 saturated heterocycles. The Morgan fingerprint density at radius 3 is 2.50 bits per heavy atom. The van der Waals surface area contributed by atoms with Gasteiger partial charge < -0.3 is 9.47 Å². The number of hydrogen-bond donors (Lipinski definition) is 0. The lowest BCUT2D eigenvalue weighted by atomic mass is 9.96. The predicted octanol–water partition coefficient (Wildman–Crippen LogP) is 7.01. The van der Waals surface area contributed by atoms with Crippen molar-refractivity contribution in [2.45, 2.75) is 18.7 Å². The number of fused-ring (bicyclic) bond motifs is 3. The molecule has 0 radical (unpaired) electrons. The van der Waals surface area contributed by atoms with E-state index in [-0.39, 0.29) is 6.04 Å². The van der Waals surface area contributed by atoms with Gasteiger partial charge in [0.1, 0.15) is 11.5 Å². The minimum atomic E-state index is -0.403. The van der Waals surface area contributed by atoms with Crippen LogP contribution < -0.4 is 9.47 Å². The molecule has 0 aliphatic carbocycles. The zero-order valence-corrected chi connectivity index (χ0v) is 19.1. The fraction of sp³-hybridized carbons (Fsp3) is 0.174. The SMILES string of the molecule is COc1ccc([C@@H]2Oc3c(Cl)cc(Cl)cc3[C@H]3CC(c4ccc(Br)cc4)=NN32)cc1. The van der Waals surface area contributed by atoms with E-state index in [0.717, 1.165) is 39.0 Å². The zero-order valence-electron chi connectivity index (χ0n) is 16.0. The molecule has 2 atom stereocenters. The maximum Gasteiger partial charge on any atom is 0.213 e. The summed E-state index contributed by atoms with van der Waals surface area (Å²) in [6, 6.07) is 19.6.